The summed E-state index contributed by atoms with van der Waals surface area (Å²) in [5, 5.41) is 5.68. The lowest BCUT2D eigenvalue weighted by Gasteiger charge is -2.19. The van der Waals surface area contributed by atoms with Crippen LogP contribution in [0.1, 0.15) is 23.2 Å². The minimum atomic E-state index is -0.274. The van der Waals surface area contributed by atoms with E-state index in [1.54, 1.807) is 23.7 Å². The molecule has 7 heteroatoms. The van der Waals surface area contributed by atoms with Gasteiger partial charge in [0.25, 0.3) is 5.91 Å². The summed E-state index contributed by atoms with van der Waals surface area (Å²) in [7, 11) is 1.76. The van der Waals surface area contributed by atoms with Crippen LogP contribution in [0.3, 0.4) is 0 Å². The molecule has 0 spiro atoms. The summed E-state index contributed by atoms with van der Waals surface area (Å²) in [4.78, 5) is 28.5. The number of benzene rings is 2. The van der Waals surface area contributed by atoms with Gasteiger partial charge in [0, 0.05) is 35.7 Å². The van der Waals surface area contributed by atoms with Crippen LogP contribution in [0.2, 0.25) is 0 Å². The van der Waals surface area contributed by atoms with Crippen LogP contribution in [0.25, 0.3) is 0 Å². The molecule has 0 aliphatic carbocycles. The molecule has 2 heterocycles. The van der Waals surface area contributed by atoms with Crippen molar-refractivity contribution >= 4 is 35.1 Å². The Hall–Kier alpha value is -2.51. The highest BCUT2D eigenvalue weighted by molar-refractivity contribution is 7.99. The van der Waals surface area contributed by atoms with Gasteiger partial charge in [-0.05, 0) is 43.2 Å². The van der Waals surface area contributed by atoms with E-state index < -0.39 is 0 Å². The number of hydrogen-bond donors (Lipinski definition) is 2. The molecule has 4 rings (SSSR count). The van der Waals surface area contributed by atoms with E-state index in [4.69, 9.17) is 4.74 Å². The van der Waals surface area contributed by atoms with Crippen LogP contribution in [0.15, 0.2) is 52.3 Å². The first-order chi connectivity index (χ1) is 13.1. The van der Waals surface area contributed by atoms with Crippen LogP contribution in [-0.2, 0) is 4.74 Å². The average Bonchev–Trinajstić information content (AvgIpc) is 3.17. The van der Waals surface area contributed by atoms with E-state index in [1.165, 1.54) is 0 Å². The number of carbonyl (C=O) groups is 2. The Bertz CT molecular complexity index is 881. The minimum Gasteiger partial charge on any atom is -0.376 e. The van der Waals surface area contributed by atoms with E-state index >= 15 is 0 Å². The molecule has 1 saturated heterocycles. The van der Waals surface area contributed by atoms with Crippen LogP contribution in [0, 0.1) is 0 Å². The molecular formula is C20H21N3O3S. The van der Waals surface area contributed by atoms with Gasteiger partial charge in [-0.2, -0.15) is 0 Å². The molecular weight excluding hydrogens is 362 g/mol. The quantitative estimate of drug-likeness (QED) is 0.847. The Labute approximate surface area is 162 Å². The second kappa shape index (κ2) is 7.62. The molecule has 1 fully saturated rings. The molecule has 2 aliphatic rings. The lowest BCUT2D eigenvalue weighted by Crippen LogP contribution is -2.35. The number of nitrogens with one attached hydrogen (secondary N) is 2. The van der Waals surface area contributed by atoms with Crippen molar-refractivity contribution in [2.24, 2.45) is 0 Å². The van der Waals surface area contributed by atoms with Gasteiger partial charge in [0.2, 0.25) is 0 Å². The number of anilines is 2. The zero-order chi connectivity index (χ0) is 18.8. The highest BCUT2D eigenvalue weighted by Crippen LogP contribution is 2.41. The van der Waals surface area contributed by atoms with Gasteiger partial charge in [0.1, 0.15) is 0 Å². The van der Waals surface area contributed by atoms with Gasteiger partial charge >= 0.3 is 6.03 Å². The van der Waals surface area contributed by atoms with Crippen molar-refractivity contribution in [3.8, 4) is 0 Å². The van der Waals surface area contributed by atoms with E-state index in [0.29, 0.717) is 17.8 Å². The van der Waals surface area contributed by atoms with E-state index in [-0.39, 0.29) is 18.0 Å². The molecule has 2 aromatic carbocycles. The summed E-state index contributed by atoms with van der Waals surface area (Å²) in [5.41, 5.74) is 2.10. The number of amides is 3. The number of fused-ring (bicyclic) bond motifs is 2. The largest absolute Gasteiger partial charge is 0.376 e. The SMILES string of the molecule is CN1C(=O)c2ccccc2Sc2ccc(NC(=O)NC[C@@H]3CCCO3)cc21. The summed E-state index contributed by atoms with van der Waals surface area (Å²) in [6, 6.07) is 12.9. The predicted molar refractivity (Wildman–Crippen MR) is 106 cm³/mol. The van der Waals surface area contributed by atoms with Crippen molar-refractivity contribution in [1.82, 2.24) is 5.32 Å². The zero-order valence-corrected chi connectivity index (χ0v) is 15.8. The molecule has 27 heavy (non-hydrogen) atoms. The molecule has 1 atom stereocenters. The van der Waals surface area contributed by atoms with Crippen molar-refractivity contribution in [1.29, 1.82) is 0 Å². The van der Waals surface area contributed by atoms with Crippen LogP contribution >= 0.6 is 11.8 Å². The summed E-state index contributed by atoms with van der Waals surface area (Å²) >= 11 is 1.56. The van der Waals surface area contributed by atoms with Gasteiger partial charge in [0.05, 0.1) is 17.4 Å². The number of carbonyl (C=O) groups excluding carboxylic acids is 2. The van der Waals surface area contributed by atoms with Gasteiger partial charge < -0.3 is 20.3 Å². The third kappa shape index (κ3) is 3.79. The third-order valence-corrected chi connectivity index (χ3v) is 5.88. The molecule has 2 aromatic rings. The Morgan fingerprint density at radius 3 is 2.93 bits per heavy atom. The van der Waals surface area contributed by atoms with Gasteiger partial charge in [-0.3, -0.25) is 4.79 Å². The first-order valence-electron chi connectivity index (χ1n) is 8.97. The molecule has 0 radical (unpaired) electrons. The Morgan fingerprint density at radius 2 is 2.11 bits per heavy atom. The van der Waals surface area contributed by atoms with Gasteiger partial charge in [-0.15, -0.1) is 0 Å². The fourth-order valence-corrected chi connectivity index (χ4v) is 4.36. The normalized spacial score (nSPS) is 18.5. The standard InChI is InChI=1S/C20H21N3O3S/c1-23-16-11-13(22-20(25)21-12-14-5-4-10-26-14)8-9-18(16)27-17-7-3-2-6-15(17)19(23)24/h2-3,6-9,11,14H,4-5,10,12H2,1H3,(H2,21,22,25)/t14-/m0/s1. The number of rotatable bonds is 3. The van der Waals surface area contributed by atoms with E-state index in [0.717, 1.165) is 34.9 Å². The topological polar surface area (TPSA) is 70.7 Å². The molecule has 2 N–H and O–H groups in total. The minimum absolute atomic E-state index is 0.0585. The molecule has 3 amide bonds. The van der Waals surface area contributed by atoms with Crippen molar-refractivity contribution < 1.29 is 14.3 Å². The maximum atomic E-state index is 12.8. The van der Waals surface area contributed by atoms with E-state index in [9.17, 15) is 9.59 Å². The zero-order valence-electron chi connectivity index (χ0n) is 15.0. The Morgan fingerprint density at radius 1 is 1.26 bits per heavy atom. The highest BCUT2D eigenvalue weighted by atomic mass is 32.2. The van der Waals surface area contributed by atoms with Crippen LogP contribution in [0.4, 0.5) is 16.2 Å². The van der Waals surface area contributed by atoms with Crippen molar-refractivity contribution in [2.45, 2.75) is 28.7 Å². The third-order valence-electron chi connectivity index (χ3n) is 4.73. The van der Waals surface area contributed by atoms with Crippen molar-refractivity contribution in [2.75, 3.05) is 30.4 Å². The lowest BCUT2D eigenvalue weighted by molar-refractivity contribution is 0.0990. The van der Waals surface area contributed by atoms with Crippen LogP contribution in [-0.4, -0.2) is 38.2 Å². The predicted octanol–water partition coefficient (Wildman–Crippen LogP) is 3.73. The molecule has 0 unspecified atom stereocenters. The maximum absolute atomic E-state index is 12.8. The number of urea groups is 1. The molecule has 6 nitrogen and oxygen atoms in total. The van der Waals surface area contributed by atoms with Gasteiger partial charge in [-0.1, -0.05) is 23.9 Å². The number of nitrogens with zero attached hydrogens (tertiary/aromatic N) is 1. The fraction of sp³-hybridized carbons (Fsp3) is 0.300. The van der Waals surface area contributed by atoms with Crippen LogP contribution in [0.5, 0.6) is 0 Å². The fourth-order valence-electron chi connectivity index (χ4n) is 3.27. The molecule has 0 bridgehead atoms. The number of hydrogen-bond acceptors (Lipinski definition) is 4. The Kier molecular flexibility index (Phi) is 5.05. The monoisotopic (exact) mass is 383 g/mol. The number of ether oxygens (including phenoxy) is 1. The Balaban J connectivity index is 1.50. The molecule has 2 aliphatic heterocycles. The first-order valence-corrected chi connectivity index (χ1v) is 9.79. The second-order valence-electron chi connectivity index (χ2n) is 6.61. The van der Waals surface area contributed by atoms with Crippen molar-refractivity contribution in [3.05, 3.63) is 48.0 Å². The first kappa shape index (κ1) is 17.9. The smallest absolute Gasteiger partial charge is 0.319 e. The van der Waals surface area contributed by atoms with Crippen molar-refractivity contribution in [3.63, 3.8) is 0 Å². The second-order valence-corrected chi connectivity index (χ2v) is 7.70. The van der Waals surface area contributed by atoms with E-state index in [1.807, 2.05) is 42.5 Å². The maximum Gasteiger partial charge on any atom is 0.319 e. The molecule has 0 aromatic heterocycles. The summed E-state index contributed by atoms with van der Waals surface area (Å²) in [5.74, 6) is -0.0585. The van der Waals surface area contributed by atoms with Crippen LogP contribution < -0.4 is 15.5 Å². The average molecular weight is 383 g/mol. The lowest BCUT2D eigenvalue weighted by atomic mass is 10.2. The summed E-state index contributed by atoms with van der Waals surface area (Å²) < 4.78 is 5.51. The summed E-state index contributed by atoms with van der Waals surface area (Å²) in [6.45, 7) is 1.26. The highest BCUT2D eigenvalue weighted by Gasteiger charge is 2.25. The molecule has 140 valence electrons. The van der Waals surface area contributed by atoms with Gasteiger partial charge in [0.15, 0.2) is 0 Å². The van der Waals surface area contributed by atoms with E-state index in [2.05, 4.69) is 10.6 Å². The molecule has 0 saturated carbocycles. The summed E-state index contributed by atoms with van der Waals surface area (Å²) in [6.07, 6.45) is 2.12. The van der Waals surface area contributed by atoms with Gasteiger partial charge in [-0.25, -0.2) is 4.79 Å².